The number of aromatic nitrogens is 5. The van der Waals surface area contributed by atoms with Crippen LogP contribution in [-0.4, -0.2) is 31.6 Å². The minimum atomic E-state index is 0.195. The quantitative estimate of drug-likeness (QED) is 0.522. The molecule has 0 saturated carbocycles. The van der Waals surface area contributed by atoms with Gasteiger partial charge < -0.3 is 20.4 Å². The van der Waals surface area contributed by atoms with Gasteiger partial charge in [0.1, 0.15) is 5.75 Å². The third kappa shape index (κ3) is 3.69. The van der Waals surface area contributed by atoms with Gasteiger partial charge in [0.05, 0.1) is 25.7 Å². The van der Waals surface area contributed by atoms with Crippen LogP contribution in [0.25, 0.3) is 11.2 Å². The van der Waals surface area contributed by atoms with Crippen molar-refractivity contribution in [3.8, 4) is 5.75 Å². The van der Waals surface area contributed by atoms with E-state index in [1.54, 1.807) is 13.4 Å². The standard InChI is InChI=1S/C21H23N7O/c1-13-9-23-16(14(2)18(13)29-3)11-28-12-25-17-19(26-21(22)27-20(17)28)24-10-15-7-5-4-6-8-15/h4-9,12H,10-11H2,1-3H3,(H3,22,24,26,27). The summed E-state index contributed by atoms with van der Waals surface area (Å²) in [4.78, 5) is 17.8. The van der Waals surface area contributed by atoms with E-state index >= 15 is 0 Å². The minimum Gasteiger partial charge on any atom is -0.496 e. The highest BCUT2D eigenvalue weighted by molar-refractivity contribution is 5.84. The number of hydrogen-bond acceptors (Lipinski definition) is 7. The van der Waals surface area contributed by atoms with Crippen LogP contribution in [0.3, 0.4) is 0 Å². The van der Waals surface area contributed by atoms with Gasteiger partial charge in [-0.3, -0.25) is 4.98 Å². The Morgan fingerprint density at radius 1 is 1.10 bits per heavy atom. The van der Waals surface area contributed by atoms with Gasteiger partial charge in [-0.15, -0.1) is 0 Å². The van der Waals surface area contributed by atoms with Crippen molar-refractivity contribution < 1.29 is 4.74 Å². The molecule has 3 aromatic heterocycles. The highest BCUT2D eigenvalue weighted by Crippen LogP contribution is 2.26. The fourth-order valence-corrected chi connectivity index (χ4v) is 3.37. The van der Waals surface area contributed by atoms with Crippen molar-refractivity contribution in [1.82, 2.24) is 24.5 Å². The SMILES string of the molecule is COc1c(C)cnc(Cn2cnc3c(NCc4ccccc4)nc(N)nc32)c1C. The first kappa shape index (κ1) is 18.7. The van der Waals surface area contributed by atoms with Gasteiger partial charge in [-0.25, -0.2) is 4.98 Å². The average molecular weight is 389 g/mol. The normalized spacial score (nSPS) is 11.0. The van der Waals surface area contributed by atoms with Crippen LogP contribution in [0.1, 0.15) is 22.4 Å². The maximum atomic E-state index is 5.97. The Labute approximate surface area is 168 Å². The zero-order valence-electron chi connectivity index (χ0n) is 16.7. The number of aryl methyl sites for hydroxylation is 1. The third-order valence-electron chi connectivity index (χ3n) is 4.85. The number of nitrogens with two attached hydrogens (primary N) is 1. The van der Waals surface area contributed by atoms with Gasteiger partial charge in [-0.2, -0.15) is 9.97 Å². The number of methoxy groups -OCH3 is 1. The molecular formula is C21H23N7O. The smallest absolute Gasteiger partial charge is 0.224 e. The fraction of sp³-hybridized carbons (Fsp3) is 0.238. The largest absolute Gasteiger partial charge is 0.496 e. The van der Waals surface area contributed by atoms with Crippen molar-refractivity contribution in [1.29, 1.82) is 0 Å². The van der Waals surface area contributed by atoms with Crippen LogP contribution in [0.2, 0.25) is 0 Å². The van der Waals surface area contributed by atoms with Crippen LogP contribution in [0.4, 0.5) is 11.8 Å². The molecule has 0 aliphatic heterocycles. The van der Waals surface area contributed by atoms with Crippen LogP contribution in [-0.2, 0) is 13.1 Å². The van der Waals surface area contributed by atoms with E-state index in [2.05, 4.69) is 25.3 Å². The van der Waals surface area contributed by atoms with Gasteiger partial charge in [0.15, 0.2) is 17.0 Å². The average Bonchev–Trinajstić information content (AvgIpc) is 3.12. The predicted octanol–water partition coefficient (Wildman–Crippen LogP) is 3.09. The Balaban J connectivity index is 1.66. The fourth-order valence-electron chi connectivity index (χ4n) is 3.37. The molecule has 0 bridgehead atoms. The van der Waals surface area contributed by atoms with E-state index in [9.17, 15) is 0 Å². The Morgan fingerprint density at radius 2 is 1.90 bits per heavy atom. The highest BCUT2D eigenvalue weighted by Gasteiger charge is 2.15. The Hall–Kier alpha value is -3.68. The van der Waals surface area contributed by atoms with E-state index < -0.39 is 0 Å². The van der Waals surface area contributed by atoms with E-state index in [0.29, 0.717) is 30.1 Å². The first-order valence-electron chi connectivity index (χ1n) is 9.32. The summed E-state index contributed by atoms with van der Waals surface area (Å²) in [5, 5.41) is 3.32. The van der Waals surface area contributed by atoms with Gasteiger partial charge in [0, 0.05) is 23.9 Å². The van der Waals surface area contributed by atoms with E-state index in [4.69, 9.17) is 10.5 Å². The van der Waals surface area contributed by atoms with E-state index in [-0.39, 0.29) is 5.95 Å². The van der Waals surface area contributed by atoms with E-state index in [1.807, 2.05) is 54.9 Å². The molecule has 3 heterocycles. The number of pyridine rings is 1. The van der Waals surface area contributed by atoms with Gasteiger partial charge in [0.2, 0.25) is 5.95 Å². The molecule has 8 nitrogen and oxygen atoms in total. The number of hydrogen-bond donors (Lipinski definition) is 2. The maximum Gasteiger partial charge on any atom is 0.224 e. The minimum absolute atomic E-state index is 0.195. The van der Waals surface area contributed by atoms with E-state index in [1.165, 1.54) is 0 Å². The number of benzene rings is 1. The van der Waals surface area contributed by atoms with Crippen molar-refractivity contribution in [3.05, 3.63) is 65.2 Å². The number of nitrogens with one attached hydrogen (secondary N) is 1. The van der Waals surface area contributed by atoms with Crippen LogP contribution < -0.4 is 15.8 Å². The van der Waals surface area contributed by atoms with Crippen molar-refractivity contribution in [2.24, 2.45) is 0 Å². The number of imidazole rings is 1. The Morgan fingerprint density at radius 3 is 2.66 bits per heavy atom. The summed E-state index contributed by atoms with van der Waals surface area (Å²) in [6.07, 6.45) is 3.55. The first-order chi connectivity index (χ1) is 14.1. The summed E-state index contributed by atoms with van der Waals surface area (Å²) in [5.41, 5.74) is 11.3. The van der Waals surface area contributed by atoms with Crippen LogP contribution in [0.15, 0.2) is 42.9 Å². The third-order valence-corrected chi connectivity index (χ3v) is 4.85. The molecule has 0 fully saturated rings. The molecule has 4 aromatic rings. The second kappa shape index (κ2) is 7.75. The van der Waals surface area contributed by atoms with Crippen LogP contribution in [0, 0.1) is 13.8 Å². The van der Waals surface area contributed by atoms with Gasteiger partial charge in [-0.1, -0.05) is 30.3 Å². The predicted molar refractivity (Wildman–Crippen MR) is 113 cm³/mol. The first-order valence-corrected chi connectivity index (χ1v) is 9.32. The molecular weight excluding hydrogens is 366 g/mol. The molecule has 0 aliphatic rings. The molecule has 4 rings (SSSR count). The molecule has 1 aromatic carbocycles. The molecule has 0 unspecified atom stereocenters. The van der Waals surface area contributed by atoms with Crippen molar-refractivity contribution >= 4 is 22.9 Å². The summed E-state index contributed by atoms with van der Waals surface area (Å²) >= 11 is 0. The van der Waals surface area contributed by atoms with Gasteiger partial charge in [0.25, 0.3) is 0 Å². The zero-order chi connectivity index (χ0) is 20.4. The lowest BCUT2D eigenvalue weighted by Crippen LogP contribution is -2.08. The number of nitrogens with zero attached hydrogens (tertiary/aromatic N) is 5. The maximum absolute atomic E-state index is 5.97. The molecule has 0 aliphatic carbocycles. The molecule has 0 amide bonds. The zero-order valence-corrected chi connectivity index (χ0v) is 16.7. The molecule has 3 N–H and O–H groups in total. The number of ether oxygens (including phenoxy) is 1. The molecule has 0 radical (unpaired) electrons. The number of nitrogen functional groups attached to an aromatic ring is 1. The van der Waals surface area contributed by atoms with Crippen LogP contribution in [0.5, 0.6) is 5.75 Å². The highest BCUT2D eigenvalue weighted by atomic mass is 16.5. The topological polar surface area (TPSA) is 104 Å². The van der Waals surface area contributed by atoms with Crippen molar-refractivity contribution in [2.45, 2.75) is 26.9 Å². The molecule has 0 saturated heterocycles. The second-order valence-electron chi connectivity index (χ2n) is 6.86. The monoisotopic (exact) mass is 389 g/mol. The van der Waals surface area contributed by atoms with Crippen molar-refractivity contribution in [3.63, 3.8) is 0 Å². The summed E-state index contributed by atoms with van der Waals surface area (Å²) in [6.45, 7) is 5.11. The number of fused-ring (bicyclic) bond motifs is 1. The Bertz CT molecular complexity index is 1150. The number of anilines is 2. The summed E-state index contributed by atoms with van der Waals surface area (Å²) < 4.78 is 7.44. The lowest BCUT2D eigenvalue weighted by Gasteiger charge is -2.13. The molecule has 0 atom stereocenters. The lowest BCUT2D eigenvalue weighted by molar-refractivity contribution is 0.406. The molecule has 0 spiro atoms. The summed E-state index contributed by atoms with van der Waals surface area (Å²) in [7, 11) is 1.67. The van der Waals surface area contributed by atoms with Crippen LogP contribution >= 0.6 is 0 Å². The summed E-state index contributed by atoms with van der Waals surface area (Å²) in [6, 6.07) is 10.1. The van der Waals surface area contributed by atoms with E-state index in [0.717, 1.165) is 28.1 Å². The van der Waals surface area contributed by atoms with Gasteiger partial charge >= 0.3 is 0 Å². The van der Waals surface area contributed by atoms with Crippen molar-refractivity contribution in [2.75, 3.05) is 18.2 Å². The lowest BCUT2D eigenvalue weighted by atomic mass is 10.1. The van der Waals surface area contributed by atoms with Gasteiger partial charge in [-0.05, 0) is 19.4 Å². The molecule has 29 heavy (non-hydrogen) atoms. The summed E-state index contributed by atoms with van der Waals surface area (Å²) in [5.74, 6) is 1.65. The Kier molecular flexibility index (Phi) is 4.99. The second-order valence-corrected chi connectivity index (χ2v) is 6.86. The number of rotatable bonds is 6. The molecule has 148 valence electrons. The molecule has 8 heteroatoms.